The number of thiazole rings is 1. The maximum Gasteiger partial charge on any atom is 0.413 e. The van der Waals surface area contributed by atoms with Crippen LogP contribution in [0.4, 0.5) is 9.93 Å². The summed E-state index contributed by atoms with van der Waals surface area (Å²) in [6.07, 6.45) is -0.614. The first kappa shape index (κ1) is 16.0. The Morgan fingerprint density at radius 1 is 1.41 bits per heavy atom. The van der Waals surface area contributed by atoms with Crippen LogP contribution in [0.3, 0.4) is 0 Å². The molecule has 2 rings (SSSR count). The zero-order valence-corrected chi connectivity index (χ0v) is 13.3. The fourth-order valence-corrected chi connectivity index (χ4v) is 2.45. The molecule has 8 nitrogen and oxygen atoms in total. The third-order valence-electron chi connectivity index (χ3n) is 2.36. The number of nitrogens with zero attached hydrogens (tertiary/aromatic N) is 2. The van der Waals surface area contributed by atoms with Crippen molar-refractivity contribution >= 4 is 28.5 Å². The highest BCUT2D eigenvalue weighted by Crippen LogP contribution is 2.33. The molecule has 9 heteroatoms. The average molecular weight is 325 g/mol. The molecule has 0 saturated heterocycles. The molecule has 2 aromatic rings. The second-order valence-corrected chi connectivity index (χ2v) is 6.44. The number of carboxylic acid groups (broad SMARTS) is 1. The van der Waals surface area contributed by atoms with Gasteiger partial charge in [-0.1, -0.05) is 16.5 Å². The lowest BCUT2D eigenvalue weighted by Gasteiger charge is -2.18. The van der Waals surface area contributed by atoms with Gasteiger partial charge in [0.05, 0.1) is 10.6 Å². The topological polar surface area (TPSA) is 115 Å². The summed E-state index contributed by atoms with van der Waals surface area (Å²) in [6.45, 7) is 6.99. The van der Waals surface area contributed by atoms with Crippen LogP contribution in [0.15, 0.2) is 10.6 Å². The SMILES string of the molecule is Cc1nc(NC(=O)OC(C)(C)C)sc1-c1cc(C(=O)O)no1. The number of rotatable bonds is 3. The van der Waals surface area contributed by atoms with E-state index in [-0.39, 0.29) is 11.5 Å². The summed E-state index contributed by atoms with van der Waals surface area (Å²) in [7, 11) is 0. The molecule has 0 atom stereocenters. The highest BCUT2D eigenvalue weighted by Gasteiger charge is 2.20. The third-order valence-corrected chi connectivity index (χ3v) is 3.44. The first-order chi connectivity index (χ1) is 10.2. The van der Waals surface area contributed by atoms with Gasteiger partial charge in [0.2, 0.25) is 0 Å². The van der Waals surface area contributed by atoms with Crippen LogP contribution in [-0.4, -0.2) is 32.9 Å². The molecule has 2 N–H and O–H groups in total. The monoisotopic (exact) mass is 325 g/mol. The summed E-state index contributed by atoms with van der Waals surface area (Å²) >= 11 is 1.14. The molecule has 0 unspecified atom stereocenters. The molecular formula is C13H15N3O5S. The van der Waals surface area contributed by atoms with Crippen LogP contribution >= 0.6 is 11.3 Å². The molecule has 2 heterocycles. The van der Waals surface area contributed by atoms with E-state index in [1.807, 2.05) is 0 Å². The number of ether oxygens (including phenoxy) is 1. The van der Waals surface area contributed by atoms with Gasteiger partial charge in [0.1, 0.15) is 5.60 Å². The van der Waals surface area contributed by atoms with Gasteiger partial charge in [-0.25, -0.2) is 14.6 Å². The van der Waals surface area contributed by atoms with Gasteiger partial charge in [0.15, 0.2) is 16.6 Å². The Labute approximate surface area is 130 Å². The van der Waals surface area contributed by atoms with Gasteiger partial charge in [0.25, 0.3) is 0 Å². The van der Waals surface area contributed by atoms with Crippen LogP contribution < -0.4 is 5.32 Å². The van der Waals surface area contributed by atoms with Gasteiger partial charge in [-0.05, 0) is 27.7 Å². The van der Waals surface area contributed by atoms with Crippen molar-refractivity contribution in [2.45, 2.75) is 33.3 Å². The van der Waals surface area contributed by atoms with Gasteiger partial charge < -0.3 is 14.4 Å². The molecule has 0 aromatic carbocycles. The van der Waals surface area contributed by atoms with E-state index in [0.717, 1.165) is 11.3 Å². The molecule has 0 aliphatic heterocycles. The van der Waals surface area contributed by atoms with E-state index >= 15 is 0 Å². The summed E-state index contributed by atoms with van der Waals surface area (Å²) < 4.78 is 10.1. The van der Waals surface area contributed by atoms with E-state index in [1.54, 1.807) is 27.7 Å². The Balaban J connectivity index is 2.17. The molecule has 0 aliphatic carbocycles. The third kappa shape index (κ3) is 3.82. The molecule has 0 bridgehead atoms. The van der Waals surface area contributed by atoms with Crippen molar-refractivity contribution in [2.24, 2.45) is 0 Å². The van der Waals surface area contributed by atoms with Crippen molar-refractivity contribution in [3.8, 4) is 10.6 Å². The smallest absolute Gasteiger partial charge is 0.413 e. The highest BCUT2D eigenvalue weighted by atomic mass is 32.1. The number of hydrogen-bond donors (Lipinski definition) is 2. The van der Waals surface area contributed by atoms with Crippen LogP contribution in [0.5, 0.6) is 0 Å². The molecule has 118 valence electrons. The van der Waals surface area contributed by atoms with E-state index in [9.17, 15) is 9.59 Å². The van der Waals surface area contributed by atoms with Crippen LogP contribution in [0.2, 0.25) is 0 Å². The van der Waals surface area contributed by atoms with E-state index in [4.69, 9.17) is 14.4 Å². The second-order valence-electron chi connectivity index (χ2n) is 5.44. The summed E-state index contributed by atoms with van der Waals surface area (Å²) in [6, 6.07) is 1.31. The molecule has 0 radical (unpaired) electrons. The number of amides is 1. The number of aromatic carboxylic acids is 1. The van der Waals surface area contributed by atoms with Crippen molar-refractivity contribution in [3.63, 3.8) is 0 Å². The predicted octanol–water partition coefficient (Wildman–Crippen LogP) is 3.15. The first-order valence-corrected chi connectivity index (χ1v) is 7.15. The molecule has 0 aliphatic rings. The van der Waals surface area contributed by atoms with Crippen LogP contribution in [0.1, 0.15) is 37.0 Å². The molecule has 0 fully saturated rings. The Morgan fingerprint density at radius 2 is 2.09 bits per heavy atom. The average Bonchev–Trinajstić information content (AvgIpc) is 2.93. The van der Waals surface area contributed by atoms with E-state index in [1.165, 1.54) is 6.07 Å². The van der Waals surface area contributed by atoms with Gasteiger partial charge in [-0.2, -0.15) is 0 Å². The van der Waals surface area contributed by atoms with Crippen molar-refractivity contribution in [2.75, 3.05) is 5.32 Å². The van der Waals surface area contributed by atoms with E-state index < -0.39 is 17.7 Å². The summed E-state index contributed by atoms with van der Waals surface area (Å²) in [5, 5.41) is 15.1. The molecule has 22 heavy (non-hydrogen) atoms. The van der Waals surface area contributed by atoms with Crippen molar-refractivity contribution in [3.05, 3.63) is 17.5 Å². The number of carbonyl (C=O) groups is 2. The standard InChI is InChI=1S/C13H15N3O5S/c1-6-9(8-5-7(10(17)18)16-21-8)22-11(14-6)15-12(19)20-13(2,3)4/h5H,1-4H3,(H,17,18)(H,14,15,19). The number of nitrogens with one attached hydrogen (secondary N) is 1. The van der Waals surface area contributed by atoms with Crippen LogP contribution in [0.25, 0.3) is 10.6 Å². The lowest BCUT2D eigenvalue weighted by atomic mass is 10.2. The Morgan fingerprint density at radius 3 is 2.64 bits per heavy atom. The van der Waals surface area contributed by atoms with Crippen molar-refractivity contribution < 1.29 is 24.0 Å². The van der Waals surface area contributed by atoms with E-state index in [2.05, 4.69) is 15.5 Å². The zero-order chi connectivity index (χ0) is 16.5. The first-order valence-electron chi connectivity index (χ1n) is 6.33. The number of aromatic nitrogens is 2. The summed E-state index contributed by atoms with van der Waals surface area (Å²) in [4.78, 5) is 27.3. The van der Waals surface area contributed by atoms with Gasteiger partial charge in [-0.15, -0.1) is 0 Å². The summed E-state index contributed by atoms with van der Waals surface area (Å²) in [5.41, 5.74) is -0.214. The second kappa shape index (κ2) is 5.76. The Hall–Kier alpha value is -2.42. The number of aryl methyl sites for hydroxylation is 1. The summed E-state index contributed by atoms with van der Waals surface area (Å²) in [5.74, 6) is -0.895. The normalized spacial score (nSPS) is 11.3. The molecule has 0 spiro atoms. The quantitative estimate of drug-likeness (QED) is 0.890. The van der Waals surface area contributed by atoms with E-state index in [0.29, 0.717) is 15.7 Å². The molecular weight excluding hydrogens is 310 g/mol. The van der Waals surface area contributed by atoms with Gasteiger partial charge >= 0.3 is 12.1 Å². The number of carbonyl (C=O) groups excluding carboxylic acids is 1. The van der Waals surface area contributed by atoms with Crippen molar-refractivity contribution in [1.82, 2.24) is 10.1 Å². The molecule has 2 aromatic heterocycles. The molecule has 1 amide bonds. The fraction of sp³-hybridized carbons (Fsp3) is 0.385. The maximum absolute atomic E-state index is 11.7. The largest absolute Gasteiger partial charge is 0.476 e. The van der Waals surface area contributed by atoms with Crippen LogP contribution in [-0.2, 0) is 4.74 Å². The lowest BCUT2D eigenvalue weighted by molar-refractivity contribution is 0.0633. The Bertz CT molecular complexity index is 714. The number of anilines is 1. The zero-order valence-electron chi connectivity index (χ0n) is 12.5. The number of carboxylic acids is 1. The van der Waals surface area contributed by atoms with Gasteiger partial charge in [-0.3, -0.25) is 5.32 Å². The maximum atomic E-state index is 11.7. The predicted molar refractivity (Wildman–Crippen MR) is 79.2 cm³/mol. The fourth-order valence-electron chi connectivity index (χ4n) is 1.55. The minimum Gasteiger partial charge on any atom is -0.476 e. The lowest BCUT2D eigenvalue weighted by Crippen LogP contribution is -2.27. The van der Waals surface area contributed by atoms with Gasteiger partial charge in [0, 0.05) is 6.07 Å². The molecule has 0 saturated carbocycles. The highest BCUT2D eigenvalue weighted by molar-refractivity contribution is 7.19. The minimum atomic E-state index is -1.18. The number of hydrogen-bond acceptors (Lipinski definition) is 7. The van der Waals surface area contributed by atoms with Crippen LogP contribution in [0, 0.1) is 6.92 Å². The van der Waals surface area contributed by atoms with Crippen molar-refractivity contribution in [1.29, 1.82) is 0 Å². The minimum absolute atomic E-state index is 0.190. The Kier molecular flexibility index (Phi) is 4.18.